The van der Waals surface area contributed by atoms with Gasteiger partial charge in [-0.05, 0) is 48.7 Å². The van der Waals surface area contributed by atoms with E-state index in [1.165, 1.54) is 18.1 Å². The lowest BCUT2D eigenvalue weighted by Gasteiger charge is -2.30. The van der Waals surface area contributed by atoms with Crippen molar-refractivity contribution in [3.05, 3.63) is 71.5 Å². The van der Waals surface area contributed by atoms with Crippen LogP contribution in [0.1, 0.15) is 23.9 Å². The number of nitrogens with zero attached hydrogens (tertiary/aromatic N) is 3. The lowest BCUT2D eigenvalue weighted by atomic mass is 10.00. The van der Waals surface area contributed by atoms with E-state index >= 15 is 0 Å². The molecule has 0 unspecified atom stereocenters. The van der Waals surface area contributed by atoms with Crippen molar-refractivity contribution in [1.29, 1.82) is 0 Å². The number of anilines is 4. The molecular weight excluding hydrogens is 350 g/mol. The van der Waals surface area contributed by atoms with Gasteiger partial charge < -0.3 is 15.5 Å². The van der Waals surface area contributed by atoms with Gasteiger partial charge in [0.1, 0.15) is 17.5 Å². The summed E-state index contributed by atoms with van der Waals surface area (Å²) in [5, 5.41) is 6.10. The lowest BCUT2D eigenvalue weighted by Crippen LogP contribution is -2.31. The van der Waals surface area contributed by atoms with E-state index in [1.54, 1.807) is 0 Å². The highest BCUT2D eigenvalue weighted by atomic mass is 16.1. The van der Waals surface area contributed by atoms with Crippen molar-refractivity contribution in [2.45, 2.75) is 26.8 Å². The van der Waals surface area contributed by atoms with Crippen molar-refractivity contribution >= 4 is 28.9 Å². The maximum atomic E-state index is 11.1. The molecule has 6 heteroatoms. The summed E-state index contributed by atoms with van der Waals surface area (Å²) in [6, 6.07) is 18.1. The number of rotatable bonds is 4. The molecule has 0 bridgehead atoms. The van der Waals surface area contributed by atoms with Gasteiger partial charge in [0.05, 0.1) is 0 Å². The molecule has 28 heavy (non-hydrogen) atoms. The van der Waals surface area contributed by atoms with Gasteiger partial charge in [0.2, 0.25) is 5.91 Å². The first-order valence-corrected chi connectivity index (χ1v) is 9.39. The third-order valence-corrected chi connectivity index (χ3v) is 4.76. The molecule has 2 aromatic carbocycles. The fraction of sp³-hybridized carbons (Fsp3) is 0.227. The van der Waals surface area contributed by atoms with E-state index in [0.717, 1.165) is 48.3 Å². The summed E-state index contributed by atoms with van der Waals surface area (Å²) < 4.78 is 0. The number of carbonyl (C=O) groups excluding carboxylic acids is 1. The van der Waals surface area contributed by atoms with E-state index in [1.807, 2.05) is 37.3 Å². The third kappa shape index (κ3) is 4.11. The standard InChI is InChI=1S/C22H23N5O/c1-15-23-21(26-20-9-7-19(8-10-20)25-16(2)28)13-22(24-15)27-12-11-17-5-3-4-6-18(17)14-27/h3-10,13H,11-12,14H2,1-2H3,(H,25,28)(H,23,24,26). The van der Waals surface area contributed by atoms with E-state index in [-0.39, 0.29) is 5.91 Å². The lowest BCUT2D eigenvalue weighted by molar-refractivity contribution is -0.114. The SMILES string of the molecule is CC(=O)Nc1ccc(Nc2cc(N3CCc4ccccc4C3)nc(C)n2)cc1. The minimum Gasteiger partial charge on any atom is -0.352 e. The van der Waals surface area contributed by atoms with E-state index < -0.39 is 0 Å². The van der Waals surface area contributed by atoms with Crippen LogP contribution in [0.4, 0.5) is 23.0 Å². The maximum absolute atomic E-state index is 11.1. The zero-order valence-electron chi connectivity index (χ0n) is 16.1. The number of benzene rings is 2. The molecule has 6 nitrogen and oxygen atoms in total. The zero-order chi connectivity index (χ0) is 19.5. The molecule has 1 aliphatic heterocycles. The fourth-order valence-electron chi connectivity index (χ4n) is 3.46. The Kier molecular flexibility index (Phi) is 4.93. The van der Waals surface area contributed by atoms with Crippen LogP contribution in [0.3, 0.4) is 0 Å². The quantitative estimate of drug-likeness (QED) is 0.722. The highest BCUT2D eigenvalue weighted by Crippen LogP contribution is 2.26. The van der Waals surface area contributed by atoms with Crippen LogP contribution in [0.25, 0.3) is 0 Å². The van der Waals surface area contributed by atoms with Gasteiger partial charge in [-0.25, -0.2) is 9.97 Å². The minimum atomic E-state index is -0.0834. The van der Waals surface area contributed by atoms with Crippen molar-refractivity contribution in [2.75, 3.05) is 22.1 Å². The van der Waals surface area contributed by atoms with Gasteiger partial charge in [-0.3, -0.25) is 4.79 Å². The minimum absolute atomic E-state index is 0.0834. The first-order chi connectivity index (χ1) is 13.6. The van der Waals surface area contributed by atoms with Crippen molar-refractivity contribution in [3.8, 4) is 0 Å². The van der Waals surface area contributed by atoms with Crippen molar-refractivity contribution < 1.29 is 4.79 Å². The first-order valence-electron chi connectivity index (χ1n) is 9.39. The Labute approximate surface area is 164 Å². The molecule has 0 aliphatic carbocycles. The second-order valence-electron chi connectivity index (χ2n) is 6.98. The predicted molar refractivity (Wildman–Crippen MR) is 112 cm³/mol. The van der Waals surface area contributed by atoms with Crippen LogP contribution in [0.2, 0.25) is 0 Å². The zero-order valence-corrected chi connectivity index (χ0v) is 16.1. The molecule has 3 aromatic rings. The Balaban J connectivity index is 1.52. The van der Waals surface area contributed by atoms with Gasteiger partial charge in [-0.1, -0.05) is 24.3 Å². The normalized spacial score (nSPS) is 13.0. The van der Waals surface area contributed by atoms with Gasteiger partial charge >= 0.3 is 0 Å². The van der Waals surface area contributed by atoms with Crippen molar-refractivity contribution in [2.24, 2.45) is 0 Å². The van der Waals surface area contributed by atoms with Crippen molar-refractivity contribution in [1.82, 2.24) is 9.97 Å². The summed E-state index contributed by atoms with van der Waals surface area (Å²) in [7, 11) is 0. The molecule has 0 saturated carbocycles. The second kappa shape index (κ2) is 7.68. The summed E-state index contributed by atoms with van der Waals surface area (Å²) in [4.78, 5) is 22.6. The Morgan fingerprint density at radius 3 is 2.46 bits per heavy atom. The van der Waals surface area contributed by atoms with Crippen LogP contribution in [0.15, 0.2) is 54.6 Å². The average molecular weight is 373 g/mol. The summed E-state index contributed by atoms with van der Waals surface area (Å²) in [6.45, 7) is 5.21. The Hall–Kier alpha value is -3.41. The van der Waals surface area contributed by atoms with Gasteiger partial charge in [-0.15, -0.1) is 0 Å². The molecule has 4 rings (SSSR count). The van der Waals surface area contributed by atoms with Gasteiger partial charge in [0.15, 0.2) is 0 Å². The Morgan fingerprint density at radius 2 is 1.71 bits per heavy atom. The summed E-state index contributed by atoms with van der Waals surface area (Å²) in [5.41, 5.74) is 4.45. The first kappa shape index (κ1) is 18.0. The highest BCUT2D eigenvalue weighted by Gasteiger charge is 2.18. The third-order valence-electron chi connectivity index (χ3n) is 4.76. The number of hydrogen-bond acceptors (Lipinski definition) is 5. The molecule has 1 amide bonds. The van der Waals surface area contributed by atoms with Crippen LogP contribution < -0.4 is 15.5 Å². The number of fused-ring (bicyclic) bond motifs is 1. The Morgan fingerprint density at radius 1 is 1.00 bits per heavy atom. The fourth-order valence-corrected chi connectivity index (χ4v) is 3.46. The molecule has 2 N–H and O–H groups in total. The van der Waals surface area contributed by atoms with Gasteiger partial charge in [0.25, 0.3) is 0 Å². The summed E-state index contributed by atoms with van der Waals surface area (Å²) >= 11 is 0. The van der Waals surface area contributed by atoms with Crippen LogP contribution in [-0.2, 0) is 17.8 Å². The number of nitrogens with one attached hydrogen (secondary N) is 2. The van der Waals surface area contributed by atoms with Gasteiger partial charge in [-0.2, -0.15) is 0 Å². The molecule has 142 valence electrons. The highest BCUT2D eigenvalue weighted by molar-refractivity contribution is 5.88. The smallest absolute Gasteiger partial charge is 0.221 e. The summed E-state index contributed by atoms with van der Waals surface area (Å²) in [5.74, 6) is 2.33. The number of amides is 1. The molecule has 0 fully saturated rings. The monoisotopic (exact) mass is 373 g/mol. The average Bonchev–Trinajstić information content (AvgIpc) is 2.68. The number of hydrogen-bond donors (Lipinski definition) is 2. The van der Waals surface area contributed by atoms with Crippen LogP contribution in [0, 0.1) is 6.92 Å². The second-order valence-corrected chi connectivity index (χ2v) is 6.98. The molecule has 0 atom stereocenters. The van der Waals surface area contributed by atoms with E-state index in [0.29, 0.717) is 0 Å². The predicted octanol–water partition coefficient (Wildman–Crippen LogP) is 4.05. The van der Waals surface area contributed by atoms with E-state index in [4.69, 9.17) is 0 Å². The van der Waals surface area contributed by atoms with Gasteiger partial charge in [0, 0.05) is 37.5 Å². The maximum Gasteiger partial charge on any atom is 0.221 e. The number of carbonyl (C=O) groups is 1. The van der Waals surface area contributed by atoms with Crippen LogP contribution in [0.5, 0.6) is 0 Å². The van der Waals surface area contributed by atoms with Crippen LogP contribution >= 0.6 is 0 Å². The number of aryl methyl sites for hydroxylation is 1. The largest absolute Gasteiger partial charge is 0.352 e. The molecule has 0 spiro atoms. The molecule has 1 aromatic heterocycles. The van der Waals surface area contributed by atoms with E-state index in [2.05, 4.69) is 49.8 Å². The molecule has 0 saturated heterocycles. The number of aromatic nitrogens is 2. The summed E-state index contributed by atoms with van der Waals surface area (Å²) in [6.07, 6.45) is 1.02. The van der Waals surface area contributed by atoms with E-state index in [9.17, 15) is 4.79 Å². The molecular formula is C22H23N5O. The Bertz CT molecular complexity index is 1000. The van der Waals surface area contributed by atoms with Crippen molar-refractivity contribution in [3.63, 3.8) is 0 Å². The molecule has 2 heterocycles. The molecule has 0 radical (unpaired) electrons. The van der Waals surface area contributed by atoms with Crippen LogP contribution in [-0.4, -0.2) is 22.4 Å². The topological polar surface area (TPSA) is 70.2 Å². The molecule has 1 aliphatic rings.